The fourth-order valence-corrected chi connectivity index (χ4v) is 2.10. The van der Waals surface area contributed by atoms with E-state index in [4.69, 9.17) is 14.2 Å². The highest BCUT2D eigenvalue weighted by Crippen LogP contribution is 2.33. The summed E-state index contributed by atoms with van der Waals surface area (Å²) in [6, 6.07) is 5.55. The van der Waals surface area contributed by atoms with Crippen LogP contribution in [-0.4, -0.2) is 31.5 Å². The SMILES string of the molecule is CCC(OC)C(O)c1ccc2c(c1)OCCCO2. The Bertz CT molecular complexity index is 387. The molecular formula is C14H20O4. The lowest BCUT2D eigenvalue weighted by Gasteiger charge is -2.21. The van der Waals surface area contributed by atoms with Gasteiger partial charge in [-0.3, -0.25) is 0 Å². The van der Waals surface area contributed by atoms with Crippen LogP contribution in [0.1, 0.15) is 31.4 Å². The van der Waals surface area contributed by atoms with Crippen molar-refractivity contribution in [3.05, 3.63) is 23.8 Å². The lowest BCUT2D eigenvalue weighted by atomic mass is 10.0. The Balaban J connectivity index is 2.21. The van der Waals surface area contributed by atoms with Gasteiger partial charge in [-0.2, -0.15) is 0 Å². The average Bonchev–Trinajstić information content (AvgIpc) is 2.64. The molecule has 0 saturated heterocycles. The third kappa shape index (κ3) is 2.76. The lowest BCUT2D eigenvalue weighted by molar-refractivity contribution is -0.0149. The Hall–Kier alpha value is -1.26. The standard InChI is InChI=1S/C14H20O4/c1-3-11(16-2)14(15)10-5-6-12-13(9-10)18-8-4-7-17-12/h5-6,9,11,14-15H,3-4,7-8H2,1-2H3. The molecule has 18 heavy (non-hydrogen) atoms. The summed E-state index contributed by atoms with van der Waals surface area (Å²) in [5, 5.41) is 10.2. The number of aliphatic hydroxyl groups excluding tert-OH is 1. The number of hydrogen-bond acceptors (Lipinski definition) is 4. The van der Waals surface area contributed by atoms with Crippen LogP contribution in [0.4, 0.5) is 0 Å². The van der Waals surface area contributed by atoms with E-state index in [1.54, 1.807) is 7.11 Å². The average molecular weight is 252 g/mol. The molecule has 0 bridgehead atoms. The Morgan fingerprint density at radius 3 is 2.67 bits per heavy atom. The molecule has 0 aliphatic carbocycles. The number of methoxy groups -OCH3 is 1. The van der Waals surface area contributed by atoms with E-state index in [0.717, 1.165) is 24.2 Å². The van der Waals surface area contributed by atoms with Crippen LogP contribution < -0.4 is 9.47 Å². The van der Waals surface area contributed by atoms with Gasteiger partial charge in [-0.1, -0.05) is 13.0 Å². The van der Waals surface area contributed by atoms with Gasteiger partial charge in [0.25, 0.3) is 0 Å². The van der Waals surface area contributed by atoms with E-state index < -0.39 is 6.10 Å². The van der Waals surface area contributed by atoms with Crippen LogP contribution in [0.2, 0.25) is 0 Å². The molecule has 2 unspecified atom stereocenters. The van der Waals surface area contributed by atoms with E-state index in [9.17, 15) is 5.11 Å². The van der Waals surface area contributed by atoms with Crippen molar-refractivity contribution in [3.63, 3.8) is 0 Å². The third-order valence-electron chi connectivity index (χ3n) is 3.17. The quantitative estimate of drug-likeness (QED) is 0.893. The van der Waals surface area contributed by atoms with Gasteiger partial charge >= 0.3 is 0 Å². The minimum absolute atomic E-state index is 0.199. The summed E-state index contributed by atoms with van der Waals surface area (Å²) in [5.41, 5.74) is 0.799. The second-order valence-electron chi connectivity index (χ2n) is 4.38. The predicted octanol–water partition coefficient (Wildman–Crippen LogP) is 2.31. The molecule has 1 heterocycles. The predicted molar refractivity (Wildman–Crippen MR) is 68.1 cm³/mol. The smallest absolute Gasteiger partial charge is 0.161 e. The molecule has 0 saturated carbocycles. The topological polar surface area (TPSA) is 47.9 Å². The van der Waals surface area contributed by atoms with Gasteiger partial charge in [0, 0.05) is 13.5 Å². The van der Waals surface area contributed by atoms with Gasteiger partial charge < -0.3 is 19.3 Å². The van der Waals surface area contributed by atoms with Crippen LogP contribution in [-0.2, 0) is 4.74 Å². The van der Waals surface area contributed by atoms with Gasteiger partial charge in [-0.25, -0.2) is 0 Å². The number of fused-ring (bicyclic) bond motifs is 1. The van der Waals surface area contributed by atoms with Crippen molar-refractivity contribution >= 4 is 0 Å². The minimum Gasteiger partial charge on any atom is -0.490 e. The first-order valence-corrected chi connectivity index (χ1v) is 6.36. The molecule has 1 N–H and O–H groups in total. The molecule has 1 aliphatic rings. The molecule has 1 aromatic rings. The van der Waals surface area contributed by atoms with E-state index in [2.05, 4.69) is 0 Å². The van der Waals surface area contributed by atoms with Crippen molar-refractivity contribution in [3.8, 4) is 11.5 Å². The van der Waals surface area contributed by atoms with Crippen LogP contribution in [0.15, 0.2) is 18.2 Å². The highest BCUT2D eigenvalue weighted by Gasteiger charge is 2.21. The van der Waals surface area contributed by atoms with Crippen molar-refractivity contribution in [2.75, 3.05) is 20.3 Å². The maximum Gasteiger partial charge on any atom is 0.161 e. The Morgan fingerprint density at radius 2 is 2.00 bits per heavy atom. The van der Waals surface area contributed by atoms with Gasteiger partial charge in [-0.05, 0) is 24.1 Å². The first-order chi connectivity index (χ1) is 8.76. The molecule has 1 aromatic carbocycles. The molecule has 4 nitrogen and oxygen atoms in total. The maximum atomic E-state index is 10.2. The van der Waals surface area contributed by atoms with E-state index in [1.165, 1.54) is 0 Å². The molecule has 0 radical (unpaired) electrons. The van der Waals surface area contributed by atoms with E-state index >= 15 is 0 Å². The van der Waals surface area contributed by atoms with Gasteiger partial charge in [0.15, 0.2) is 11.5 Å². The maximum absolute atomic E-state index is 10.2. The highest BCUT2D eigenvalue weighted by atomic mass is 16.5. The molecular weight excluding hydrogens is 232 g/mol. The first kappa shape index (κ1) is 13.2. The fraction of sp³-hybridized carbons (Fsp3) is 0.571. The zero-order valence-electron chi connectivity index (χ0n) is 10.9. The van der Waals surface area contributed by atoms with Gasteiger partial charge in [0.05, 0.1) is 19.3 Å². The molecule has 0 amide bonds. The molecule has 4 heteroatoms. The summed E-state index contributed by atoms with van der Waals surface area (Å²) < 4.78 is 16.4. The lowest BCUT2D eigenvalue weighted by Crippen LogP contribution is -2.19. The molecule has 0 spiro atoms. The number of ether oxygens (including phenoxy) is 3. The van der Waals surface area contributed by atoms with E-state index in [-0.39, 0.29) is 6.10 Å². The summed E-state index contributed by atoms with van der Waals surface area (Å²) >= 11 is 0. The summed E-state index contributed by atoms with van der Waals surface area (Å²) in [6.45, 7) is 3.30. The van der Waals surface area contributed by atoms with Crippen molar-refractivity contribution in [1.82, 2.24) is 0 Å². The van der Waals surface area contributed by atoms with Crippen molar-refractivity contribution < 1.29 is 19.3 Å². The Labute approximate surface area is 107 Å². The fourth-order valence-electron chi connectivity index (χ4n) is 2.10. The second kappa shape index (κ2) is 6.07. The molecule has 1 aliphatic heterocycles. The first-order valence-electron chi connectivity index (χ1n) is 6.36. The minimum atomic E-state index is -0.642. The van der Waals surface area contributed by atoms with Crippen LogP contribution in [0.5, 0.6) is 11.5 Å². The Kier molecular flexibility index (Phi) is 4.44. The molecule has 2 rings (SSSR count). The second-order valence-corrected chi connectivity index (χ2v) is 4.38. The van der Waals surface area contributed by atoms with Crippen LogP contribution in [0, 0.1) is 0 Å². The number of hydrogen-bond donors (Lipinski definition) is 1. The van der Waals surface area contributed by atoms with E-state index in [1.807, 2.05) is 25.1 Å². The molecule has 0 aromatic heterocycles. The van der Waals surface area contributed by atoms with Crippen molar-refractivity contribution in [2.24, 2.45) is 0 Å². The van der Waals surface area contributed by atoms with Crippen LogP contribution in [0.25, 0.3) is 0 Å². The molecule has 100 valence electrons. The van der Waals surface area contributed by atoms with Gasteiger partial charge in [0.2, 0.25) is 0 Å². The van der Waals surface area contributed by atoms with Crippen LogP contribution >= 0.6 is 0 Å². The van der Waals surface area contributed by atoms with Crippen molar-refractivity contribution in [1.29, 1.82) is 0 Å². The normalized spacial score (nSPS) is 17.9. The number of benzene rings is 1. The van der Waals surface area contributed by atoms with Gasteiger partial charge in [-0.15, -0.1) is 0 Å². The number of aliphatic hydroxyl groups is 1. The summed E-state index contributed by atoms with van der Waals surface area (Å²) in [4.78, 5) is 0. The van der Waals surface area contributed by atoms with E-state index in [0.29, 0.717) is 19.0 Å². The summed E-state index contributed by atoms with van der Waals surface area (Å²) in [5.74, 6) is 1.45. The largest absolute Gasteiger partial charge is 0.490 e. The third-order valence-corrected chi connectivity index (χ3v) is 3.17. The number of rotatable bonds is 4. The monoisotopic (exact) mass is 252 g/mol. The summed E-state index contributed by atoms with van der Waals surface area (Å²) in [6.07, 6.45) is 0.792. The highest BCUT2D eigenvalue weighted by molar-refractivity contribution is 5.44. The summed E-state index contributed by atoms with van der Waals surface area (Å²) in [7, 11) is 1.61. The van der Waals surface area contributed by atoms with Crippen molar-refractivity contribution in [2.45, 2.75) is 32.0 Å². The molecule has 2 atom stereocenters. The Morgan fingerprint density at radius 1 is 1.28 bits per heavy atom. The zero-order valence-corrected chi connectivity index (χ0v) is 10.9. The zero-order chi connectivity index (χ0) is 13.0. The van der Waals surface area contributed by atoms with Crippen LogP contribution in [0.3, 0.4) is 0 Å². The molecule has 0 fully saturated rings. The van der Waals surface area contributed by atoms with Gasteiger partial charge in [0.1, 0.15) is 6.10 Å².